The van der Waals surface area contributed by atoms with Crippen LogP contribution in [0.2, 0.25) is 0 Å². The standard InChI is InChI=1S/C23H32N2O6/c26-19-7-6-17-3-1-4-20(15-17)31-12-2-5-21(23(28)29)24-22(27)18(16-19)8-9-25-10-13-30-14-11-25/h1,3-4,15,18,21H,2,5-14,16H2,(H,24,27)(H,28,29)/t18-,21+/m1/s1. The number of Topliss-reactive ketones (excluding diaryl/α,β-unsaturated/α-hetero) is 1. The highest BCUT2D eigenvalue weighted by Crippen LogP contribution is 2.19. The van der Waals surface area contributed by atoms with Crippen molar-refractivity contribution < 1.29 is 29.0 Å². The zero-order valence-electron chi connectivity index (χ0n) is 17.9. The van der Waals surface area contributed by atoms with Crippen molar-refractivity contribution in [3.8, 4) is 5.75 Å². The van der Waals surface area contributed by atoms with E-state index in [2.05, 4.69) is 10.2 Å². The normalized spacial score (nSPS) is 24.4. The molecule has 31 heavy (non-hydrogen) atoms. The van der Waals surface area contributed by atoms with Gasteiger partial charge in [-0.25, -0.2) is 4.79 Å². The molecule has 1 aromatic rings. The average molecular weight is 433 g/mol. The SMILES string of the molecule is O=C1CCc2cccc(c2)OCCC[C@@H](C(=O)O)NC(=O)[C@H](CCN2CCOCC2)C1. The van der Waals surface area contributed by atoms with Crippen molar-refractivity contribution in [2.24, 2.45) is 5.92 Å². The van der Waals surface area contributed by atoms with E-state index in [4.69, 9.17) is 9.47 Å². The summed E-state index contributed by atoms with van der Waals surface area (Å²) in [6.07, 6.45) is 2.34. The Labute approximate surface area is 182 Å². The van der Waals surface area contributed by atoms with E-state index < -0.39 is 17.9 Å². The predicted octanol–water partition coefficient (Wildman–Crippen LogP) is 1.66. The summed E-state index contributed by atoms with van der Waals surface area (Å²) in [5, 5.41) is 12.2. The lowest BCUT2D eigenvalue weighted by atomic mass is 9.94. The van der Waals surface area contributed by atoms with Crippen LogP contribution in [-0.2, 0) is 25.5 Å². The maximum atomic E-state index is 12.9. The molecule has 0 aromatic heterocycles. The van der Waals surface area contributed by atoms with Gasteiger partial charge in [0, 0.05) is 31.8 Å². The molecule has 0 aliphatic carbocycles. The number of ether oxygens (including phenoxy) is 2. The smallest absolute Gasteiger partial charge is 0.326 e. The van der Waals surface area contributed by atoms with Gasteiger partial charge in [-0.1, -0.05) is 12.1 Å². The summed E-state index contributed by atoms with van der Waals surface area (Å²) in [5.74, 6) is -1.25. The maximum Gasteiger partial charge on any atom is 0.326 e. The minimum atomic E-state index is -1.07. The van der Waals surface area contributed by atoms with Crippen LogP contribution < -0.4 is 10.1 Å². The number of fused-ring (bicyclic) bond motifs is 2. The van der Waals surface area contributed by atoms with Gasteiger partial charge in [-0.05, 0) is 49.9 Å². The molecule has 1 fully saturated rings. The Morgan fingerprint density at radius 3 is 2.74 bits per heavy atom. The first-order valence-electron chi connectivity index (χ1n) is 11.1. The highest BCUT2D eigenvalue weighted by atomic mass is 16.5. The maximum absolute atomic E-state index is 12.9. The van der Waals surface area contributed by atoms with E-state index in [9.17, 15) is 19.5 Å². The first-order chi connectivity index (χ1) is 15.0. The lowest BCUT2D eigenvalue weighted by Crippen LogP contribution is -2.45. The molecule has 1 aromatic carbocycles. The van der Waals surface area contributed by atoms with Crippen LogP contribution >= 0.6 is 0 Å². The Kier molecular flexibility index (Phi) is 8.85. The van der Waals surface area contributed by atoms with Crippen LogP contribution in [-0.4, -0.2) is 73.2 Å². The third kappa shape index (κ3) is 7.63. The number of hydrogen-bond acceptors (Lipinski definition) is 6. The van der Waals surface area contributed by atoms with Gasteiger partial charge in [-0.15, -0.1) is 0 Å². The monoisotopic (exact) mass is 432 g/mol. The van der Waals surface area contributed by atoms with E-state index in [1.807, 2.05) is 24.3 Å². The fourth-order valence-electron chi connectivity index (χ4n) is 3.96. The van der Waals surface area contributed by atoms with Crippen molar-refractivity contribution in [1.82, 2.24) is 10.2 Å². The molecule has 0 spiro atoms. The highest BCUT2D eigenvalue weighted by molar-refractivity contribution is 5.89. The Bertz CT molecular complexity index is 762. The van der Waals surface area contributed by atoms with Gasteiger partial charge in [0.15, 0.2) is 0 Å². The molecule has 2 atom stereocenters. The number of carbonyl (C=O) groups excluding carboxylic acids is 2. The molecule has 8 nitrogen and oxygen atoms in total. The largest absolute Gasteiger partial charge is 0.494 e. The predicted molar refractivity (Wildman–Crippen MR) is 114 cm³/mol. The third-order valence-electron chi connectivity index (χ3n) is 5.85. The molecular weight excluding hydrogens is 400 g/mol. The number of carbonyl (C=O) groups is 3. The summed E-state index contributed by atoms with van der Waals surface area (Å²) in [5.41, 5.74) is 1.01. The lowest BCUT2D eigenvalue weighted by Gasteiger charge is -2.28. The molecule has 2 N–H and O–H groups in total. The number of aryl methyl sites for hydroxylation is 1. The summed E-state index contributed by atoms with van der Waals surface area (Å²) < 4.78 is 11.1. The quantitative estimate of drug-likeness (QED) is 0.745. The number of carboxylic acid groups (broad SMARTS) is 1. The molecule has 1 amide bonds. The zero-order chi connectivity index (χ0) is 22.1. The van der Waals surface area contributed by atoms with E-state index in [1.165, 1.54) is 0 Å². The number of carboxylic acids is 1. The Hall–Kier alpha value is -2.45. The van der Waals surface area contributed by atoms with E-state index >= 15 is 0 Å². The van der Waals surface area contributed by atoms with E-state index in [1.54, 1.807) is 0 Å². The first-order valence-corrected chi connectivity index (χ1v) is 11.1. The van der Waals surface area contributed by atoms with Crippen LogP contribution in [0.25, 0.3) is 0 Å². The number of aliphatic carboxylic acids is 1. The molecule has 3 rings (SSSR count). The molecule has 0 radical (unpaired) electrons. The number of rotatable bonds is 4. The van der Waals surface area contributed by atoms with Gasteiger partial charge in [-0.3, -0.25) is 14.5 Å². The lowest BCUT2D eigenvalue weighted by molar-refractivity contribution is -0.143. The van der Waals surface area contributed by atoms with Crippen LogP contribution in [0.15, 0.2) is 24.3 Å². The van der Waals surface area contributed by atoms with Gasteiger partial charge >= 0.3 is 5.97 Å². The number of hydrogen-bond donors (Lipinski definition) is 2. The second-order valence-electron chi connectivity index (χ2n) is 8.22. The number of nitrogens with one attached hydrogen (secondary N) is 1. The van der Waals surface area contributed by atoms with E-state index in [-0.39, 0.29) is 24.5 Å². The van der Waals surface area contributed by atoms with Gasteiger partial charge in [0.1, 0.15) is 17.6 Å². The fraction of sp³-hybridized carbons (Fsp3) is 0.609. The Morgan fingerprint density at radius 1 is 1.16 bits per heavy atom. The highest BCUT2D eigenvalue weighted by Gasteiger charge is 2.27. The van der Waals surface area contributed by atoms with Crippen molar-refractivity contribution in [1.29, 1.82) is 0 Å². The van der Waals surface area contributed by atoms with E-state index in [0.717, 1.165) is 18.7 Å². The van der Waals surface area contributed by atoms with Crippen LogP contribution in [0.4, 0.5) is 0 Å². The number of nitrogens with zero attached hydrogens (tertiary/aromatic N) is 1. The van der Waals surface area contributed by atoms with Crippen LogP contribution in [0.3, 0.4) is 0 Å². The average Bonchev–Trinajstić information content (AvgIpc) is 2.77. The summed E-state index contributed by atoms with van der Waals surface area (Å²) in [7, 11) is 0. The Morgan fingerprint density at radius 2 is 1.97 bits per heavy atom. The van der Waals surface area contributed by atoms with Crippen molar-refractivity contribution >= 4 is 17.7 Å². The number of morpholine rings is 1. The third-order valence-corrected chi connectivity index (χ3v) is 5.85. The Balaban J connectivity index is 1.70. The number of benzene rings is 1. The van der Waals surface area contributed by atoms with Gasteiger partial charge < -0.3 is 19.9 Å². The van der Waals surface area contributed by atoms with Gasteiger partial charge in [-0.2, -0.15) is 0 Å². The number of amides is 1. The molecule has 2 heterocycles. The molecule has 2 aliphatic heterocycles. The fourth-order valence-corrected chi connectivity index (χ4v) is 3.96. The van der Waals surface area contributed by atoms with Crippen molar-refractivity contribution in [2.45, 2.75) is 44.6 Å². The van der Waals surface area contributed by atoms with Gasteiger partial charge in [0.25, 0.3) is 0 Å². The zero-order valence-corrected chi connectivity index (χ0v) is 17.9. The van der Waals surface area contributed by atoms with Gasteiger partial charge in [0.05, 0.1) is 19.8 Å². The van der Waals surface area contributed by atoms with Crippen molar-refractivity contribution in [3.63, 3.8) is 0 Å². The molecule has 2 bridgehead atoms. The first kappa shape index (κ1) is 23.2. The van der Waals surface area contributed by atoms with E-state index in [0.29, 0.717) is 57.8 Å². The molecule has 1 saturated heterocycles. The summed E-state index contributed by atoms with van der Waals surface area (Å²) >= 11 is 0. The van der Waals surface area contributed by atoms with Gasteiger partial charge in [0.2, 0.25) is 5.91 Å². The van der Waals surface area contributed by atoms with Crippen molar-refractivity contribution in [2.75, 3.05) is 39.5 Å². The summed E-state index contributed by atoms with van der Waals surface area (Å²) in [6, 6.07) is 6.63. The minimum Gasteiger partial charge on any atom is -0.494 e. The molecular formula is C23H32N2O6. The second-order valence-corrected chi connectivity index (χ2v) is 8.22. The molecule has 8 heteroatoms. The molecule has 2 aliphatic rings. The van der Waals surface area contributed by atoms with Crippen LogP contribution in [0.5, 0.6) is 5.75 Å². The molecule has 0 unspecified atom stereocenters. The van der Waals surface area contributed by atoms with Crippen molar-refractivity contribution in [3.05, 3.63) is 29.8 Å². The number of ketones is 1. The summed E-state index contributed by atoms with van der Waals surface area (Å²) in [6.45, 7) is 3.98. The van der Waals surface area contributed by atoms with Crippen LogP contribution in [0.1, 0.15) is 37.7 Å². The molecule has 0 saturated carbocycles. The topological polar surface area (TPSA) is 105 Å². The minimum absolute atomic E-state index is 0.00944. The second kappa shape index (κ2) is 11.8. The summed E-state index contributed by atoms with van der Waals surface area (Å²) in [4.78, 5) is 39.5. The molecule has 170 valence electrons. The van der Waals surface area contributed by atoms with Crippen LogP contribution in [0, 0.1) is 5.92 Å².